The van der Waals surface area contributed by atoms with Crippen molar-refractivity contribution in [3.05, 3.63) is 117 Å². The number of hydrogen-bond donors (Lipinski definition) is 0. The summed E-state index contributed by atoms with van der Waals surface area (Å²) in [6.07, 6.45) is 16.4. The van der Waals surface area contributed by atoms with Crippen LogP contribution in [0.1, 0.15) is 112 Å². The molecule has 2 aliphatic heterocycles. The van der Waals surface area contributed by atoms with E-state index in [-0.39, 0.29) is 0 Å². The van der Waals surface area contributed by atoms with Gasteiger partial charge in [-0.2, -0.15) is 0 Å². The van der Waals surface area contributed by atoms with Crippen LogP contribution in [0.5, 0.6) is 11.5 Å². The molecule has 2 aromatic rings. The van der Waals surface area contributed by atoms with Gasteiger partial charge in [-0.25, -0.2) is 9.15 Å². The zero-order valence-electron chi connectivity index (χ0n) is 37.2. The molecule has 0 spiro atoms. The highest BCUT2D eigenvalue weighted by Crippen LogP contribution is 2.44. The number of nitrogens with zero attached hydrogens (tertiary/aromatic N) is 2. The Kier molecular flexibility index (Phi) is 13.2. The molecular weight excluding hydrogens is 741 g/mol. The van der Waals surface area contributed by atoms with Crippen molar-refractivity contribution in [3.63, 3.8) is 0 Å². The van der Waals surface area contributed by atoms with Crippen molar-refractivity contribution in [2.24, 2.45) is 0 Å². The second kappa shape index (κ2) is 19.1. The number of unbranched alkanes of at least 4 members (excludes halogenated alkanes) is 7. The number of fused-ring (bicyclic) bond motifs is 8. The van der Waals surface area contributed by atoms with E-state index < -0.39 is 0 Å². The average molecular weight is 807 g/mol. The molecule has 8 rings (SSSR count). The number of methoxy groups -OCH3 is 2. The average Bonchev–Trinajstić information content (AvgIpc) is 3.29. The fourth-order valence-corrected chi connectivity index (χ4v) is 10.2. The maximum atomic E-state index is 6.84. The molecule has 0 radical (unpaired) electrons. The van der Waals surface area contributed by atoms with E-state index in [1.165, 1.54) is 118 Å². The summed E-state index contributed by atoms with van der Waals surface area (Å²) in [5.41, 5.74) is 13.5. The van der Waals surface area contributed by atoms with Crippen LogP contribution in [0, 0.1) is 0 Å². The van der Waals surface area contributed by atoms with Crippen molar-refractivity contribution in [3.8, 4) is 56.8 Å². The minimum atomic E-state index is 0.916. The molecule has 6 nitrogen and oxygen atoms in total. The lowest BCUT2D eigenvalue weighted by atomic mass is 9.83. The summed E-state index contributed by atoms with van der Waals surface area (Å²) in [6, 6.07) is 26.7. The topological polar surface area (TPSA) is 50.8 Å². The summed E-state index contributed by atoms with van der Waals surface area (Å²) in [5.74, 6) is 5.97. The van der Waals surface area contributed by atoms with Crippen molar-refractivity contribution >= 4 is 0 Å². The maximum Gasteiger partial charge on any atom is 0.203 e. The van der Waals surface area contributed by atoms with E-state index in [4.69, 9.17) is 18.3 Å². The number of ether oxygens (including phenoxy) is 2. The Morgan fingerprint density at radius 2 is 0.833 bits per heavy atom. The lowest BCUT2D eigenvalue weighted by Crippen LogP contribution is -2.29. The van der Waals surface area contributed by atoms with Crippen LogP contribution in [0.4, 0.5) is 0 Å². The van der Waals surface area contributed by atoms with Crippen molar-refractivity contribution < 1.29 is 18.3 Å². The van der Waals surface area contributed by atoms with Gasteiger partial charge in [0.2, 0.25) is 10.7 Å². The van der Waals surface area contributed by atoms with Gasteiger partial charge in [0.15, 0.2) is 0 Å². The first kappa shape index (κ1) is 41.6. The quantitative estimate of drug-likeness (QED) is 0.0680. The van der Waals surface area contributed by atoms with Crippen molar-refractivity contribution in [2.45, 2.75) is 118 Å². The molecule has 0 saturated heterocycles. The standard InChI is InChI=1S/C54H66N2O4/c1-7-55(8-2)39-23-29-47-45(49-27-21-37-33-41(57-5)25-31-43(37)53(49)59-51(47)35-39)19-17-15-13-11-12-14-16-18-20-46-48-30-24-40(56(9-3)10-4)36-52(48)60-54-44-32-26-42(58-6)34-38(44)22-28-50(46)54/h23-26,29-36H,7-22,27-28H2,1-6H3/q+2. The van der Waals surface area contributed by atoms with Crippen LogP contribution in [0.15, 0.2) is 81.6 Å². The number of aryl methyl sites for hydroxylation is 2. The Morgan fingerprint density at radius 3 is 1.22 bits per heavy atom. The second-order valence-electron chi connectivity index (χ2n) is 16.9. The molecule has 0 N–H and O–H groups in total. The largest absolute Gasteiger partial charge is 0.497 e. The SMILES string of the molecule is CC[N+](CC)=c1ccc2c(CCCCCCCCCCc3c4ccc(=[N+](CC)CC)cc-4oc4c3CCc3cc(OC)ccc3-4)c3c(oc-2c1)-c1ccc(OC)cc1CC3. The maximum absolute atomic E-state index is 6.84. The number of hydrogen-bond acceptors (Lipinski definition) is 4. The van der Waals surface area contributed by atoms with Gasteiger partial charge in [0.25, 0.3) is 0 Å². The van der Waals surface area contributed by atoms with Crippen molar-refractivity contribution in [1.82, 2.24) is 9.15 Å². The lowest BCUT2D eigenvalue weighted by Gasteiger charge is -2.25. The molecule has 0 amide bonds. The molecule has 4 aliphatic carbocycles. The van der Waals surface area contributed by atoms with Gasteiger partial charge in [0.05, 0.1) is 26.4 Å². The van der Waals surface area contributed by atoms with Gasteiger partial charge in [-0.05, 0) is 161 Å². The molecule has 6 heteroatoms. The summed E-state index contributed by atoms with van der Waals surface area (Å²) < 4.78 is 29.6. The summed E-state index contributed by atoms with van der Waals surface area (Å²) in [6.45, 7) is 12.8. The zero-order chi connectivity index (χ0) is 41.6. The smallest absolute Gasteiger partial charge is 0.203 e. The molecule has 2 heterocycles. The third kappa shape index (κ3) is 8.44. The summed E-state index contributed by atoms with van der Waals surface area (Å²) in [5, 5.41) is 2.47. The van der Waals surface area contributed by atoms with Gasteiger partial charge in [0, 0.05) is 34.4 Å². The minimum absolute atomic E-state index is 0.916. The van der Waals surface area contributed by atoms with E-state index in [0.29, 0.717) is 0 Å². The van der Waals surface area contributed by atoms with Gasteiger partial charge in [0.1, 0.15) is 60.7 Å². The summed E-state index contributed by atoms with van der Waals surface area (Å²) in [7, 11) is 3.50. The Morgan fingerprint density at radius 1 is 0.450 bits per heavy atom. The molecule has 314 valence electrons. The predicted octanol–water partition coefficient (Wildman–Crippen LogP) is 11.2. The van der Waals surface area contributed by atoms with E-state index in [1.807, 2.05) is 0 Å². The molecule has 0 saturated carbocycles. The molecule has 2 aromatic carbocycles. The molecule has 0 bridgehead atoms. The van der Waals surface area contributed by atoms with Gasteiger partial charge in [-0.15, -0.1) is 0 Å². The highest BCUT2D eigenvalue weighted by atomic mass is 16.5. The normalized spacial score (nSPS) is 12.8. The Balaban J connectivity index is 0.908. The van der Waals surface area contributed by atoms with Crippen LogP contribution in [-0.4, -0.2) is 40.4 Å². The molecule has 0 fully saturated rings. The Labute approximate surface area is 357 Å². The molecule has 0 atom stereocenters. The molecule has 60 heavy (non-hydrogen) atoms. The van der Waals surface area contributed by atoms with E-state index in [1.54, 1.807) is 14.2 Å². The van der Waals surface area contributed by atoms with E-state index in [0.717, 1.165) is 99.2 Å². The predicted molar refractivity (Wildman–Crippen MR) is 246 cm³/mol. The van der Waals surface area contributed by atoms with Crippen LogP contribution >= 0.6 is 0 Å². The molecule has 0 unspecified atom stereocenters. The number of rotatable bonds is 17. The van der Waals surface area contributed by atoms with E-state index in [9.17, 15) is 0 Å². The van der Waals surface area contributed by atoms with Crippen LogP contribution in [0.3, 0.4) is 0 Å². The van der Waals surface area contributed by atoms with Crippen LogP contribution in [-0.2, 0) is 38.5 Å². The van der Waals surface area contributed by atoms with Crippen molar-refractivity contribution in [2.75, 3.05) is 40.4 Å². The van der Waals surface area contributed by atoms with Gasteiger partial charge >= 0.3 is 0 Å². The van der Waals surface area contributed by atoms with Crippen LogP contribution in [0.25, 0.3) is 45.3 Å². The highest BCUT2D eigenvalue weighted by molar-refractivity contribution is 5.78. The Hall–Kier alpha value is -5.10. The number of benzene rings is 4. The first-order chi connectivity index (χ1) is 29.5. The second-order valence-corrected chi connectivity index (χ2v) is 16.9. The molecular formula is C54H66N2O4+2. The minimum Gasteiger partial charge on any atom is -0.497 e. The Bertz CT molecular complexity index is 2350. The highest BCUT2D eigenvalue weighted by Gasteiger charge is 2.28. The zero-order valence-corrected chi connectivity index (χ0v) is 37.2. The van der Waals surface area contributed by atoms with E-state index in [2.05, 4.69) is 110 Å². The fraction of sp³-hybridized carbons (Fsp3) is 0.444. The van der Waals surface area contributed by atoms with Gasteiger partial charge in [-0.3, -0.25) is 0 Å². The van der Waals surface area contributed by atoms with Crippen LogP contribution in [0.2, 0.25) is 0 Å². The van der Waals surface area contributed by atoms with Crippen LogP contribution < -0.4 is 29.3 Å². The first-order valence-corrected chi connectivity index (χ1v) is 23.2. The first-order valence-electron chi connectivity index (χ1n) is 23.2. The summed E-state index contributed by atoms with van der Waals surface area (Å²) in [4.78, 5) is 0. The third-order valence-electron chi connectivity index (χ3n) is 13.5. The summed E-state index contributed by atoms with van der Waals surface area (Å²) >= 11 is 0. The fourth-order valence-electron chi connectivity index (χ4n) is 10.2. The molecule has 6 aliphatic rings. The van der Waals surface area contributed by atoms with Gasteiger partial charge < -0.3 is 18.3 Å². The van der Waals surface area contributed by atoms with E-state index >= 15 is 0 Å². The monoisotopic (exact) mass is 807 g/mol. The lowest BCUT2D eigenvalue weighted by molar-refractivity contribution is 0.414. The van der Waals surface area contributed by atoms with Gasteiger partial charge in [-0.1, -0.05) is 38.5 Å². The van der Waals surface area contributed by atoms with Crippen molar-refractivity contribution in [1.29, 1.82) is 0 Å². The molecule has 0 aromatic heterocycles. The third-order valence-corrected chi connectivity index (χ3v) is 13.5.